The van der Waals surface area contributed by atoms with E-state index in [1.54, 1.807) is 4.57 Å². The normalized spacial score (nSPS) is 10.5. The van der Waals surface area contributed by atoms with Gasteiger partial charge in [-0.05, 0) is 30.3 Å². The van der Waals surface area contributed by atoms with Crippen molar-refractivity contribution in [3.63, 3.8) is 0 Å². The van der Waals surface area contributed by atoms with Gasteiger partial charge >= 0.3 is 5.69 Å². The molecule has 0 aliphatic rings. The number of Topliss-reactive ketones (excluding diaryl/α,β-unsaturated/α-hetero) is 1. The number of hydrogen-bond donors (Lipinski definition) is 0. The van der Waals surface area contributed by atoms with Crippen LogP contribution in [0, 0.1) is 0 Å². The summed E-state index contributed by atoms with van der Waals surface area (Å²) >= 11 is 0. The molecule has 0 N–H and O–H groups in total. The average molecular weight is 388 g/mol. The van der Waals surface area contributed by atoms with Crippen molar-refractivity contribution in [3.05, 3.63) is 48.1 Å². The number of azide groups is 2. The van der Waals surface area contributed by atoms with Crippen molar-refractivity contribution in [1.29, 1.82) is 0 Å². The highest BCUT2D eigenvalue weighted by atomic mass is 16.2. The van der Waals surface area contributed by atoms with Gasteiger partial charge in [0.1, 0.15) is 12.5 Å². The standard InChI is InChI=1S/C15H20N10O3/c1-2-6-23-9-18-13-12(23)14(27)24(15(28)25(13)10-20-22-17)7-4-3-5-11(26)8-19-21-16/h9H,2-8,10H2,1H3. The van der Waals surface area contributed by atoms with Gasteiger partial charge in [-0.3, -0.25) is 18.7 Å². The number of nitrogens with zero attached hydrogens (tertiary/aromatic N) is 10. The van der Waals surface area contributed by atoms with Gasteiger partial charge in [-0.1, -0.05) is 17.2 Å². The van der Waals surface area contributed by atoms with Crippen LogP contribution in [0.4, 0.5) is 0 Å². The molecule has 0 atom stereocenters. The maximum absolute atomic E-state index is 12.9. The summed E-state index contributed by atoms with van der Waals surface area (Å²) in [5, 5.41) is 6.63. The quantitative estimate of drug-likeness (QED) is 0.248. The Labute approximate surface area is 158 Å². The lowest BCUT2D eigenvalue weighted by Crippen LogP contribution is -2.40. The highest BCUT2D eigenvalue weighted by Gasteiger charge is 2.17. The summed E-state index contributed by atoms with van der Waals surface area (Å²) in [7, 11) is 0. The molecule has 0 radical (unpaired) electrons. The summed E-state index contributed by atoms with van der Waals surface area (Å²) in [5.74, 6) is -0.206. The predicted octanol–water partition coefficient (Wildman–Crippen LogP) is 2.09. The molecule has 0 fully saturated rings. The molecule has 0 aliphatic carbocycles. The third kappa shape index (κ3) is 4.58. The van der Waals surface area contributed by atoms with Gasteiger partial charge in [-0.15, -0.1) is 0 Å². The lowest BCUT2D eigenvalue weighted by molar-refractivity contribution is -0.117. The average Bonchev–Trinajstić information content (AvgIpc) is 3.09. The topological polar surface area (TPSA) is 176 Å². The zero-order chi connectivity index (χ0) is 20.5. The van der Waals surface area contributed by atoms with Crippen LogP contribution in [0.3, 0.4) is 0 Å². The van der Waals surface area contributed by atoms with Gasteiger partial charge in [0.15, 0.2) is 11.2 Å². The Hall–Kier alpha value is -3.56. The molecule has 0 spiro atoms. The molecule has 0 aliphatic heterocycles. The van der Waals surface area contributed by atoms with Crippen LogP contribution in [0.15, 0.2) is 26.1 Å². The van der Waals surface area contributed by atoms with Gasteiger partial charge in [-0.2, -0.15) is 0 Å². The van der Waals surface area contributed by atoms with E-state index in [-0.39, 0.29) is 43.1 Å². The molecule has 28 heavy (non-hydrogen) atoms. The molecule has 2 aromatic rings. The summed E-state index contributed by atoms with van der Waals surface area (Å²) < 4.78 is 3.90. The fraction of sp³-hybridized carbons (Fsp3) is 0.600. The van der Waals surface area contributed by atoms with Crippen molar-refractivity contribution < 1.29 is 4.79 Å². The second kappa shape index (κ2) is 9.95. The number of aryl methyl sites for hydroxylation is 1. The van der Waals surface area contributed by atoms with Crippen molar-refractivity contribution in [2.45, 2.75) is 52.4 Å². The van der Waals surface area contributed by atoms with Crippen LogP contribution in [0.2, 0.25) is 0 Å². The monoisotopic (exact) mass is 388 g/mol. The van der Waals surface area contributed by atoms with E-state index in [2.05, 4.69) is 25.0 Å². The molecular formula is C15H20N10O3. The van der Waals surface area contributed by atoms with E-state index in [4.69, 9.17) is 11.1 Å². The largest absolute Gasteiger partial charge is 0.332 e. The molecule has 0 saturated heterocycles. The number of fused-ring (bicyclic) bond motifs is 1. The van der Waals surface area contributed by atoms with Crippen LogP contribution >= 0.6 is 0 Å². The van der Waals surface area contributed by atoms with Crippen LogP contribution in [0.5, 0.6) is 0 Å². The number of hydrogen-bond acceptors (Lipinski definition) is 6. The molecule has 2 heterocycles. The number of carbonyl (C=O) groups excluding carboxylic acids is 1. The van der Waals surface area contributed by atoms with E-state index >= 15 is 0 Å². The Kier molecular flexibility index (Phi) is 7.37. The van der Waals surface area contributed by atoms with E-state index in [1.807, 2.05) is 6.92 Å². The summed E-state index contributed by atoms with van der Waals surface area (Å²) in [4.78, 5) is 46.4. The molecule has 0 saturated carbocycles. The minimum absolute atomic E-state index is 0.107. The second-order valence-electron chi connectivity index (χ2n) is 6.03. The molecule has 2 aromatic heterocycles. The minimum Gasteiger partial charge on any atom is -0.325 e. The van der Waals surface area contributed by atoms with Crippen molar-refractivity contribution in [3.8, 4) is 0 Å². The maximum atomic E-state index is 12.9. The summed E-state index contributed by atoms with van der Waals surface area (Å²) in [6, 6.07) is 0. The molecule has 2 rings (SSSR count). The fourth-order valence-electron chi connectivity index (χ4n) is 2.85. The van der Waals surface area contributed by atoms with Crippen LogP contribution in [0.1, 0.15) is 32.6 Å². The second-order valence-corrected chi connectivity index (χ2v) is 6.03. The molecule has 148 valence electrons. The minimum atomic E-state index is -0.618. The Morgan fingerprint density at radius 3 is 2.57 bits per heavy atom. The van der Waals surface area contributed by atoms with Crippen LogP contribution in [0.25, 0.3) is 32.0 Å². The Morgan fingerprint density at radius 2 is 1.89 bits per heavy atom. The van der Waals surface area contributed by atoms with E-state index in [1.165, 1.54) is 6.33 Å². The Bertz CT molecular complexity index is 1070. The number of aromatic nitrogens is 4. The van der Waals surface area contributed by atoms with Gasteiger partial charge in [0.25, 0.3) is 5.56 Å². The molecule has 13 nitrogen and oxygen atoms in total. The zero-order valence-electron chi connectivity index (χ0n) is 15.4. The number of unbranched alkanes of at least 4 members (excludes halogenated alkanes) is 1. The molecule has 0 amide bonds. The highest BCUT2D eigenvalue weighted by Crippen LogP contribution is 2.08. The first-order chi connectivity index (χ1) is 13.5. The van der Waals surface area contributed by atoms with Crippen molar-refractivity contribution in [2.24, 2.45) is 10.2 Å². The van der Waals surface area contributed by atoms with Crippen molar-refractivity contribution in [1.82, 2.24) is 18.7 Å². The number of rotatable bonds is 11. The molecular weight excluding hydrogens is 368 g/mol. The third-order valence-corrected chi connectivity index (χ3v) is 4.11. The highest BCUT2D eigenvalue weighted by molar-refractivity contribution is 5.80. The Morgan fingerprint density at radius 1 is 1.14 bits per heavy atom. The zero-order valence-corrected chi connectivity index (χ0v) is 15.4. The SMILES string of the molecule is CCCn1cnc2c1c(=O)n(CCCCC(=O)CN=[N+]=[N-])c(=O)n2CN=[N+]=[N-]. The summed E-state index contributed by atoms with van der Waals surface area (Å²) in [5.41, 5.74) is 16.1. The van der Waals surface area contributed by atoms with Crippen molar-refractivity contribution >= 4 is 16.9 Å². The van der Waals surface area contributed by atoms with Gasteiger partial charge in [-0.25, -0.2) is 9.78 Å². The van der Waals surface area contributed by atoms with Gasteiger partial charge in [0.05, 0.1) is 12.9 Å². The first kappa shape index (κ1) is 20.7. The van der Waals surface area contributed by atoms with Crippen molar-refractivity contribution in [2.75, 3.05) is 6.54 Å². The number of ketones is 1. The maximum Gasteiger partial charge on any atom is 0.332 e. The number of imidazole rings is 1. The van der Waals surface area contributed by atoms with Gasteiger partial charge in [0, 0.05) is 29.3 Å². The van der Waals surface area contributed by atoms with Crippen LogP contribution in [-0.2, 0) is 24.6 Å². The first-order valence-corrected chi connectivity index (χ1v) is 8.77. The predicted molar refractivity (Wildman–Crippen MR) is 101 cm³/mol. The van der Waals surface area contributed by atoms with Crippen LogP contribution in [-0.4, -0.2) is 31.0 Å². The van der Waals surface area contributed by atoms with E-state index in [9.17, 15) is 14.4 Å². The summed E-state index contributed by atoms with van der Waals surface area (Å²) in [6.07, 6.45) is 3.30. The third-order valence-electron chi connectivity index (χ3n) is 4.11. The van der Waals surface area contributed by atoms with Crippen LogP contribution < -0.4 is 11.2 Å². The van der Waals surface area contributed by atoms with Gasteiger partial charge < -0.3 is 4.57 Å². The smallest absolute Gasteiger partial charge is 0.325 e. The van der Waals surface area contributed by atoms with E-state index < -0.39 is 11.2 Å². The van der Waals surface area contributed by atoms with E-state index in [0.29, 0.717) is 19.4 Å². The molecule has 0 aromatic carbocycles. The van der Waals surface area contributed by atoms with Gasteiger partial charge in [0.2, 0.25) is 0 Å². The molecule has 0 bridgehead atoms. The molecule has 13 heteroatoms. The summed E-state index contributed by atoms with van der Waals surface area (Å²) in [6.45, 7) is 2.13. The lowest BCUT2D eigenvalue weighted by atomic mass is 10.2. The van der Waals surface area contributed by atoms with E-state index in [0.717, 1.165) is 15.6 Å². The first-order valence-electron chi connectivity index (χ1n) is 8.77. The fourth-order valence-corrected chi connectivity index (χ4v) is 2.85. The Balaban J connectivity index is 2.33. The molecule has 0 unspecified atom stereocenters. The number of carbonyl (C=O) groups is 1. The lowest BCUT2D eigenvalue weighted by Gasteiger charge is -2.11.